The first-order chi connectivity index (χ1) is 11.4. The number of rotatable bonds is 6. The minimum atomic E-state index is -1.06. The molecule has 0 aliphatic heterocycles. The molecule has 0 atom stereocenters. The Labute approximate surface area is 159 Å². The van der Waals surface area contributed by atoms with E-state index in [1.54, 1.807) is 20.8 Å². The summed E-state index contributed by atoms with van der Waals surface area (Å²) in [6, 6.07) is 14.0. The van der Waals surface area contributed by atoms with Gasteiger partial charge >= 0.3 is 5.97 Å². The molecular formula is C19H20Br2O3. The van der Waals surface area contributed by atoms with Gasteiger partial charge in [0.2, 0.25) is 0 Å². The van der Waals surface area contributed by atoms with Crippen LogP contribution in [0.5, 0.6) is 5.75 Å². The van der Waals surface area contributed by atoms with Crippen LogP contribution < -0.4 is 4.74 Å². The topological polar surface area (TPSA) is 35.5 Å². The number of esters is 1. The van der Waals surface area contributed by atoms with Gasteiger partial charge in [0.1, 0.15) is 5.75 Å². The molecule has 0 heterocycles. The second kappa shape index (κ2) is 8.17. The van der Waals surface area contributed by atoms with E-state index in [4.69, 9.17) is 9.47 Å². The average Bonchev–Trinajstić information content (AvgIpc) is 2.56. The summed E-state index contributed by atoms with van der Waals surface area (Å²) in [5.74, 6) is 0.261. The molecule has 0 aliphatic rings. The molecule has 0 amide bonds. The lowest BCUT2D eigenvalue weighted by atomic mass is 10.0. The lowest BCUT2D eigenvalue weighted by Crippen LogP contribution is -2.39. The van der Waals surface area contributed by atoms with E-state index in [0.717, 1.165) is 20.9 Å². The Morgan fingerprint density at radius 2 is 1.79 bits per heavy atom. The highest BCUT2D eigenvalue weighted by molar-refractivity contribution is 9.10. The summed E-state index contributed by atoms with van der Waals surface area (Å²) < 4.78 is 12.1. The van der Waals surface area contributed by atoms with Crippen molar-refractivity contribution >= 4 is 37.8 Å². The molecule has 2 aromatic rings. The molecule has 0 N–H and O–H groups in total. The smallest absolute Gasteiger partial charge is 0.349 e. The van der Waals surface area contributed by atoms with Crippen LogP contribution in [-0.2, 0) is 14.9 Å². The van der Waals surface area contributed by atoms with Crippen molar-refractivity contribution in [3.05, 3.63) is 52.5 Å². The van der Waals surface area contributed by atoms with Crippen molar-refractivity contribution in [1.29, 1.82) is 0 Å². The third kappa shape index (κ3) is 4.61. The molecule has 0 unspecified atom stereocenters. The average molecular weight is 456 g/mol. The van der Waals surface area contributed by atoms with Gasteiger partial charge in [0, 0.05) is 15.4 Å². The number of hydrogen-bond donors (Lipinski definition) is 0. The van der Waals surface area contributed by atoms with Crippen molar-refractivity contribution in [2.75, 3.05) is 6.61 Å². The molecular weight excluding hydrogens is 436 g/mol. The number of carbonyl (C=O) groups excluding carboxylic acids is 1. The molecule has 0 spiro atoms. The van der Waals surface area contributed by atoms with Gasteiger partial charge in [0.15, 0.2) is 5.60 Å². The van der Waals surface area contributed by atoms with E-state index >= 15 is 0 Å². The van der Waals surface area contributed by atoms with Crippen molar-refractivity contribution in [3.8, 4) is 16.9 Å². The van der Waals surface area contributed by atoms with Crippen molar-refractivity contribution in [2.24, 2.45) is 0 Å². The fourth-order valence-electron chi connectivity index (χ4n) is 2.21. The zero-order chi connectivity index (χ0) is 17.7. The van der Waals surface area contributed by atoms with Crippen molar-refractivity contribution in [2.45, 2.75) is 31.7 Å². The van der Waals surface area contributed by atoms with Crippen LogP contribution in [0.3, 0.4) is 0 Å². The number of hydrogen-bond acceptors (Lipinski definition) is 3. The third-order valence-corrected chi connectivity index (χ3v) is 4.63. The van der Waals surface area contributed by atoms with Crippen LogP contribution in [0.4, 0.5) is 0 Å². The first-order valence-electron chi connectivity index (χ1n) is 7.68. The van der Waals surface area contributed by atoms with Crippen LogP contribution in [0.1, 0.15) is 26.3 Å². The Bertz CT molecular complexity index is 709. The highest BCUT2D eigenvalue weighted by atomic mass is 79.9. The molecule has 24 heavy (non-hydrogen) atoms. The maximum atomic E-state index is 12.1. The predicted octanol–water partition coefficient (Wildman–Crippen LogP) is 5.73. The highest BCUT2D eigenvalue weighted by Gasteiger charge is 2.32. The fourth-order valence-corrected chi connectivity index (χ4v) is 2.95. The Balaban J connectivity index is 2.38. The SMILES string of the molecule is CCOC(=O)C(C)(C)Oc1ccc(Br)cc1-c1ccc(CBr)cc1. The molecule has 0 aliphatic carbocycles. The van der Waals surface area contributed by atoms with Crippen LogP contribution in [0.25, 0.3) is 11.1 Å². The summed E-state index contributed by atoms with van der Waals surface area (Å²) in [5, 5.41) is 0.811. The second-order valence-electron chi connectivity index (χ2n) is 5.80. The van der Waals surface area contributed by atoms with Gasteiger partial charge in [-0.15, -0.1) is 0 Å². The van der Waals surface area contributed by atoms with E-state index in [1.807, 2.05) is 30.3 Å². The minimum Gasteiger partial charge on any atom is -0.476 e. The fraction of sp³-hybridized carbons (Fsp3) is 0.316. The van der Waals surface area contributed by atoms with E-state index in [2.05, 4.69) is 44.0 Å². The zero-order valence-electron chi connectivity index (χ0n) is 13.9. The quantitative estimate of drug-likeness (QED) is 0.412. The maximum absolute atomic E-state index is 12.1. The zero-order valence-corrected chi connectivity index (χ0v) is 17.1. The first kappa shape index (κ1) is 19.0. The molecule has 0 saturated heterocycles. The predicted molar refractivity (Wildman–Crippen MR) is 104 cm³/mol. The number of carbonyl (C=O) groups is 1. The number of halogens is 2. The van der Waals surface area contributed by atoms with E-state index in [1.165, 1.54) is 5.56 Å². The van der Waals surface area contributed by atoms with Gasteiger partial charge in [-0.3, -0.25) is 0 Å². The summed E-state index contributed by atoms with van der Waals surface area (Å²) in [4.78, 5) is 12.1. The molecule has 0 aromatic heterocycles. The maximum Gasteiger partial charge on any atom is 0.349 e. The molecule has 5 heteroatoms. The van der Waals surface area contributed by atoms with Gasteiger partial charge in [-0.05, 0) is 50.1 Å². The normalized spacial score (nSPS) is 11.2. The monoisotopic (exact) mass is 454 g/mol. The third-order valence-electron chi connectivity index (χ3n) is 3.49. The van der Waals surface area contributed by atoms with Gasteiger partial charge in [-0.25, -0.2) is 4.79 Å². The van der Waals surface area contributed by atoms with Gasteiger partial charge in [0.25, 0.3) is 0 Å². The Hall–Kier alpha value is -1.33. The summed E-state index contributed by atoms with van der Waals surface area (Å²) in [6.45, 7) is 5.53. The molecule has 128 valence electrons. The highest BCUT2D eigenvalue weighted by Crippen LogP contribution is 2.35. The van der Waals surface area contributed by atoms with Crippen LogP contribution in [-0.4, -0.2) is 18.2 Å². The van der Waals surface area contributed by atoms with E-state index in [-0.39, 0.29) is 5.97 Å². The summed E-state index contributed by atoms with van der Waals surface area (Å²) >= 11 is 6.95. The van der Waals surface area contributed by atoms with E-state index in [9.17, 15) is 4.79 Å². The van der Waals surface area contributed by atoms with Crippen LogP contribution >= 0.6 is 31.9 Å². The van der Waals surface area contributed by atoms with Crippen LogP contribution in [0, 0.1) is 0 Å². The van der Waals surface area contributed by atoms with E-state index < -0.39 is 5.60 Å². The summed E-state index contributed by atoms with van der Waals surface area (Å²) in [5.41, 5.74) is 2.08. The molecule has 0 fully saturated rings. The summed E-state index contributed by atoms with van der Waals surface area (Å²) in [6.07, 6.45) is 0. The number of benzene rings is 2. The van der Waals surface area contributed by atoms with Gasteiger partial charge < -0.3 is 9.47 Å². The van der Waals surface area contributed by atoms with E-state index in [0.29, 0.717) is 12.4 Å². The molecule has 2 rings (SSSR count). The molecule has 0 saturated carbocycles. The molecule has 2 aromatic carbocycles. The number of alkyl halides is 1. The van der Waals surface area contributed by atoms with Crippen LogP contribution in [0.15, 0.2) is 46.9 Å². The first-order valence-corrected chi connectivity index (χ1v) is 9.60. The number of ether oxygens (including phenoxy) is 2. The standard InChI is InChI=1S/C19H20Br2O3/c1-4-23-18(22)19(2,3)24-17-10-9-15(21)11-16(17)14-7-5-13(12-20)6-8-14/h5-11H,4,12H2,1-3H3. The van der Waals surface area contributed by atoms with Gasteiger partial charge in [-0.1, -0.05) is 56.1 Å². The van der Waals surface area contributed by atoms with Crippen molar-refractivity contribution < 1.29 is 14.3 Å². The van der Waals surface area contributed by atoms with Crippen LogP contribution in [0.2, 0.25) is 0 Å². The molecule has 0 bridgehead atoms. The molecule has 3 nitrogen and oxygen atoms in total. The second-order valence-corrected chi connectivity index (χ2v) is 7.28. The Morgan fingerprint density at radius 3 is 2.38 bits per heavy atom. The lowest BCUT2D eigenvalue weighted by molar-refractivity contribution is -0.158. The lowest BCUT2D eigenvalue weighted by Gasteiger charge is -2.25. The van der Waals surface area contributed by atoms with Gasteiger partial charge in [0.05, 0.1) is 6.61 Å². The largest absolute Gasteiger partial charge is 0.476 e. The van der Waals surface area contributed by atoms with Crippen molar-refractivity contribution in [3.63, 3.8) is 0 Å². The summed E-state index contributed by atoms with van der Waals surface area (Å²) in [7, 11) is 0. The molecule has 0 radical (unpaired) electrons. The van der Waals surface area contributed by atoms with Crippen molar-refractivity contribution in [1.82, 2.24) is 0 Å². The minimum absolute atomic E-state index is 0.326. The van der Waals surface area contributed by atoms with Gasteiger partial charge in [-0.2, -0.15) is 0 Å². The Morgan fingerprint density at radius 1 is 1.12 bits per heavy atom. The Kier molecular flexibility index (Phi) is 6.47.